The van der Waals surface area contributed by atoms with Gasteiger partial charge < -0.3 is 9.84 Å². The molecule has 4 rings (SSSR count). The van der Waals surface area contributed by atoms with Crippen LogP contribution in [0.15, 0.2) is 60.3 Å². The Morgan fingerprint density at radius 2 is 1.94 bits per heavy atom. The summed E-state index contributed by atoms with van der Waals surface area (Å²) in [4.78, 5) is 22.2. The third-order valence-electron chi connectivity index (χ3n) is 5.17. The fourth-order valence-corrected chi connectivity index (χ4v) is 4.40. The Morgan fingerprint density at radius 1 is 1.19 bits per heavy atom. The van der Waals surface area contributed by atoms with Crippen LogP contribution in [-0.2, 0) is 16.2 Å². The van der Waals surface area contributed by atoms with Crippen molar-refractivity contribution in [2.24, 2.45) is 0 Å². The molecule has 1 aliphatic heterocycles. The van der Waals surface area contributed by atoms with Crippen molar-refractivity contribution in [3.05, 3.63) is 82.0 Å². The number of aromatic nitrogens is 1. The van der Waals surface area contributed by atoms with Crippen LogP contribution in [0.1, 0.15) is 34.0 Å². The average molecular weight is 437 g/mol. The van der Waals surface area contributed by atoms with Crippen molar-refractivity contribution in [1.29, 1.82) is 0 Å². The molecule has 7 heteroatoms. The number of carbonyl (C=O) groups is 1. The highest BCUT2D eigenvalue weighted by Gasteiger charge is 2.22. The number of hydrogen-bond donors (Lipinski definition) is 2. The average Bonchev–Trinajstić information content (AvgIpc) is 3.41. The smallest absolute Gasteiger partial charge is 0.304 e. The first-order valence-electron chi connectivity index (χ1n) is 10.1. The van der Waals surface area contributed by atoms with Crippen LogP contribution >= 0.6 is 11.3 Å². The molecule has 0 amide bonds. The number of nitrogens with one attached hydrogen (secondary N) is 1. The van der Waals surface area contributed by atoms with Gasteiger partial charge in [0.2, 0.25) is 0 Å². The van der Waals surface area contributed by atoms with E-state index < -0.39 is 5.97 Å². The minimum absolute atomic E-state index is 0.00968. The fraction of sp³-hybridized carbons (Fsp3) is 0.250. The van der Waals surface area contributed by atoms with Crippen LogP contribution in [-0.4, -0.2) is 22.7 Å². The van der Waals surface area contributed by atoms with Crippen molar-refractivity contribution in [2.75, 3.05) is 6.61 Å². The van der Waals surface area contributed by atoms with Crippen molar-refractivity contribution in [3.8, 4) is 16.3 Å². The third kappa shape index (κ3) is 5.13. The van der Waals surface area contributed by atoms with E-state index in [1.54, 1.807) is 11.3 Å². The maximum Gasteiger partial charge on any atom is 0.304 e. The van der Waals surface area contributed by atoms with Crippen LogP contribution in [0.5, 0.6) is 5.75 Å². The second-order valence-corrected chi connectivity index (χ2v) is 8.56. The number of ether oxygens (including phenoxy) is 1. The largest absolute Gasteiger partial charge is 0.488 e. The summed E-state index contributed by atoms with van der Waals surface area (Å²) in [7, 11) is 0. The molecule has 1 aliphatic rings. The van der Waals surface area contributed by atoms with E-state index in [2.05, 4.69) is 41.7 Å². The van der Waals surface area contributed by atoms with Crippen LogP contribution in [0.3, 0.4) is 0 Å². The van der Waals surface area contributed by atoms with Gasteiger partial charge in [0.15, 0.2) is 0 Å². The number of nitrogens with zero attached hydrogens (tertiary/aromatic N) is 1. The Balaban J connectivity index is 1.43. The Kier molecular flexibility index (Phi) is 6.34. The number of aryl methyl sites for hydroxylation is 2. The number of hydrogen-bond acceptors (Lipinski definition) is 6. The first-order chi connectivity index (χ1) is 15.0. The van der Waals surface area contributed by atoms with E-state index in [9.17, 15) is 9.90 Å². The molecule has 2 N–H and O–H groups in total. The molecule has 0 unspecified atom stereocenters. The number of thiazole rings is 1. The second-order valence-electron chi connectivity index (χ2n) is 7.47. The van der Waals surface area contributed by atoms with E-state index in [1.807, 2.05) is 37.3 Å². The number of hydroxylamine groups is 1. The minimum atomic E-state index is -0.857. The zero-order valence-corrected chi connectivity index (χ0v) is 18.2. The number of carboxylic acid groups (broad SMARTS) is 1. The lowest BCUT2D eigenvalue weighted by Gasteiger charge is -2.17. The normalized spacial score (nSPS) is 14.1. The molecule has 31 heavy (non-hydrogen) atoms. The summed E-state index contributed by atoms with van der Waals surface area (Å²) in [6.45, 7) is 4.94. The highest BCUT2D eigenvalue weighted by Crippen LogP contribution is 2.31. The van der Waals surface area contributed by atoms with E-state index in [0.717, 1.165) is 38.2 Å². The Bertz CT molecular complexity index is 1090. The van der Waals surface area contributed by atoms with E-state index >= 15 is 0 Å². The third-order valence-corrected chi connectivity index (χ3v) is 6.35. The molecule has 0 spiro atoms. The second kappa shape index (κ2) is 9.32. The molecule has 2 aromatic carbocycles. The molecule has 0 radical (unpaired) electrons. The topological polar surface area (TPSA) is 80.7 Å². The molecule has 3 aromatic rings. The lowest BCUT2D eigenvalue weighted by atomic mass is 9.92. The van der Waals surface area contributed by atoms with Gasteiger partial charge in [-0.3, -0.25) is 15.1 Å². The fourth-order valence-electron chi connectivity index (χ4n) is 3.42. The highest BCUT2D eigenvalue weighted by atomic mass is 32.1. The van der Waals surface area contributed by atoms with Gasteiger partial charge in [0.05, 0.1) is 23.6 Å². The van der Waals surface area contributed by atoms with Crippen molar-refractivity contribution < 1.29 is 19.5 Å². The summed E-state index contributed by atoms with van der Waals surface area (Å²) in [6.07, 6.45) is 1.86. The standard InChI is InChI=1S/C24H24N2O4S/c1-15-3-5-18(6-4-15)24-25-16(2)22(31-24)14-29-19-9-7-17(8-10-19)20(13-23(27)28)21-11-12-30-26-21/h3-11,20,26H,12-14H2,1-2H3,(H,27,28)/t20-/m0/s1. The van der Waals surface area contributed by atoms with Crippen molar-refractivity contribution >= 4 is 17.3 Å². The predicted molar refractivity (Wildman–Crippen MR) is 120 cm³/mol. The zero-order chi connectivity index (χ0) is 21.8. The van der Waals surface area contributed by atoms with Crippen molar-refractivity contribution in [1.82, 2.24) is 10.5 Å². The quantitative estimate of drug-likeness (QED) is 0.518. The van der Waals surface area contributed by atoms with Gasteiger partial charge in [0.1, 0.15) is 17.4 Å². The van der Waals surface area contributed by atoms with E-state index in [-0.39, 0.29) is 12.3 Å². The summed E-state index contributed by atoms with van der Waals surface area (Å²) in [5.74, 6) is -0.410. The van der Waals surface area contributed by atoms with Crippen LogP contribution in [0.2, 0.25) is 0 Å². The van der Waals surface area contributed by atoms with Crippen LogP contribution in [0.4, 0.5) is 0 Å². The van der Waals surface area contributed by atoms with Gasteiger partial charge in [-0.05, 0) is 37.6 Å². The lowest BCUT2D eigenvalue weighted by molar-refractivity contribution is -0.137. The van der Waals surface area contributed by atoms with E-state index in [4.69, 9.17) is 9.57 Å². The monoisotopic (exact) mass is 436 g/mol. The first kappa shape index (κ1) is 21.1. The van der Waals surface area contributed by atoms with Crippen molar-refractivity contribution in [2.45, 2.75) is 32.8 Å². The summed E-state index contributed by atoms with van der Waals surface area (Å²) in [6, 6.07) is 15.9. The van der Waals surface area contributed by atoms with E-state index in [0.29, 0.717) is 13.2 Å². The molecule has 0 aliphatic carbocycles. The van der Waals surface area contributed by atoms with Gasteiger partial charge in [-0.15, -0.1) is 11.3 Å². The minimum Gasteiger partial charge on any atom is -0.488 e. The number of rotatable bonds is 8. The van der Waals surface area contributed by atoms with Gasteiger partial charge in [-0.25, -0.2) is 4.98 Å². The molecule has 2 heterocycles. The Labute approximate surface area is 185 Å². The van der Waals surface area contributed by atoms with Gasteiger partial charge in [0.25, 0.3) is 0 Å². The molecule has 6 nitrogen and oxygen atoms in total. The lowest BCUT2D eigenvalue weighted by Crippen LogP contribution is -2.17. The van der Waals surface area contributed by atoms with Crippen LogP contribution in [0.25, 0.3) is 10.6 Å². The van der Waals surface area contributed by atoms with Gasteiger partial charge in [-0.2, -0.15) is 0 Å². The molecule has 0 saturated heterocycles. The van der Waals surface area contributed by atoms with Crippen molar-refractivity contribution in [3.63, 3.8) is 0 Å². The van der Waals surface area contributed by atoms with Crippen LogP contribution in [0, 0.1) is 13.8 Å². The SMILES string of the molecule is Cc1ccc(-c2nc(C)c(COc3ccc([C@H](CC(=O)O)C4=CCON4)cc3)s2)cc1. The zero-order valence-electron chi connectivity index (χ0n) is 17.4. The Hall–Kier alpha value is -3.16. The van der Waals surface area contributed by atoms with Crippen LogP contribution < -0.4 is 10.2 Å². The van der Waals surface area contributed by atoms with E-state index in [1.165, 1.54) is 5.56 Å². The van der Waals surface area contributed by atoms with Gasteiger partial charge in [0, 0.05) is 17.2 Å². The maximum atomic E-state index is 11.3. The predicted octanol–water partition coefficient (Wildman–Crippen LogP) is 4.98. The summed E-state index contributed by atoms with van der Waals surface area (Å²) in [5.41, 5.74) is 7.79. The highest BCUT2D eigenvalue weighted by molar-refractivity contribution is 7.15. The number of benzene rings is 2. The molecular weight excluding hydrogens is 412 g/mol. The summed E-state index contributed by atoms with van der Waals surface area (Å²) >= 11 is 1.64. The first-order valence-corrected chi connectivity index (χ1v) is 10.9. The molecule has 0 saturated carbocycles. The molecule has 160 valence electrons. The molecular formula is C24H24N2O4S. The molecule has 1 atom stereocenters. The molecule has 1 aromatic heterocycles. The number of carboxylic acids is 1. The maximum absolute atomic E-state index is 11.3. The molecule has 0 fully saturated rings. The number of allylic oxidation sites excluding steroid dienone is 1. The number of aliphatic carboxylic acids is 1. The van der Waals surface area contributed by atoms with Gasteiger partial charge in [-0.1, -0.05) is 42.0 Å². The van der Waals surface area contributed by atoms with Gasteiger partial charge >= 0.3 is 5.97 Å². The molecule has 0 bridgehead atoms. The summed E-state index contributed by atoms with van der Waals surface area (Å²) < 4.78 is 5.98. The Morgan fingerprint density at radius 3 is 2.58 bits per heavy atom. The summed E-state index contributed by atoms with van der Waals surface area (Å²) in [5, 5.41) is 10.3.